The molecule has 0 aliphatic carbocycles. The minimum Gasteiger partial charge on any atom is -0.454 e. The van der Waals surface area contributed by atoms with Gasteiger partial charge in [0.05, 0.1) is 17.6 Å². The molecule has 8 heteroatoms. The minimum absolute atomic E-state index is 0.0648. The van der Waals surface area contributed by atoms with Gasteiger partial charge in [-0.05, 0) is 36.6 Å². The molecular formula is C16H14BrNO4S2. The fourth-order valence-electron chi connectivity index (χ4n) is 2.83. The number of halogens is 1. The number of hydrogen-bond acceptors (Lipinski definition) is 6. The lowest BCUT2D eigenvalue weighted by Gasteiger charge is -2.18. The molecule has 5 nitrogen and oxygen atoms in total. The van der Waals surface area contributed by atoms with Crippen LogP contribution in [0.5, 0.6) is 11.5 Å². The van der Waals surface area contributed by atoms with Gasteiger partial charge >= 0.3 is 0 Å². The highest BCUT2D eigenvalue weighted by Gasteiger charge is 2.34. The maximum Gasteiger partial charge on any atom is 0.266 e. The summed E-state index contributed by atoms with van der Waals surface area (Å²) in [6, 6.07) is 3.71. The number of fused-ring (bicyclic) bond motifs is 1. The summed E-state index contributed by atoms with van der Waals surface area (Å²) in [5, 5.41) is 0. The molecule has 126 valence electrons. The summed E-state index contributed by atoms with van der Waals surface area (Å²) in [7, 11) is 0. The first-order valence-electron chi connectivity index (χ1n) is 7.58. The molecule has 3 aliphatic heterocycles. The highest BCUT2D eigenvalue weighted by molar-refractivity contribution is 9.10. The van der Waals surface area contributed by atoms with Crippen LogP contribution in [0.25, 0.3) is 6.08 Å². The van der Waals surface area contributed by atoms with Crippen molar-refractivity contribution in [3.63, 3.8) is 0 Å². The van der Waals surface area contributed by atoms with Gasteiger partial charge in [0, 0.05) is 11.1 Å². The molecule has 0 unspecified atom stereocenters. The molecule has 3 aliphatic rings. The van der Waals surface area contributed by atoms with Crippen LogP contribution in [0.3, 0.4) is 0 Å². The number of carbonyl (C=O) groups is 1. The third kappa shape index (κ3) is 3.08. The molecule has 1 atom stereocenters. The van der Waals surface area contributed by atoms with Gasteiger partial charge in [-0.3, -0.25) is 9.69 Å². The van der Waals surface area contributed by atoms with Crippen molar-refractivity contribution in [1.82, 2.24) is 4.90 Å². The molecule has 2 saturated heterocycles. The summed E-state index contributed by atoms with van der Waals surface area (Å²) >= 11 is 10.2. The Kier molecular flexibility index (Phi) is 4.55. The Labute approximate surface area is 157 Å². The number of thiocarbonyl (C=S) groups is 1. The Hall–Kier alpha value is -1.09. The summed E-state index contributed by atoms with van der Waals surface area (Å²) in [6.07, 6.45) is 3.94. The summed E-state index contributed by atoms with van der Waals surface area (Å²) in [6.45, 7) is 1.51. The number of rotatable bonds is 3. The number of benzene rings is 1. The van der Waals surface area contributed by atoms with E-state index in [9.17, 15) is 4.79 Å². The van der Waals surface area contributed by atoms with Crippen LogP contribution in [0.15, 0.2) is 21.5 Å². The van der Waals surface area contributed by atoms with Crippen LogP contribution in [-0.4, -0.2) is 41.2 Å². The number of hydrogen-bond donors (Lipinski definition) is 0. The molecule has 1 aromatic carbocycles. The van der Waals surface area contributed by atoms with Crippen LogP contribution in [0, 0.1) is 0 Å². The Morgan fingerprint density at radius 1 is 1.38 bits per heavy atom. The second kappa shape index (κ2) is 6.67. The molecule has 1 amide bonds. The first-order chi connectivity index (χ1) is 11.6. The van der Waals surface area contributed by atoms with Gasteiger partial charge in [-0.2, -0.15) is 0 Å². The monoisotopic (exact) mass is 427 g/mol. The number of carbonyl (C=O) groups excluding carboxylic acids is 1. The average Bonchev–Trinajstić information content (AvgIpc) is 3.26. The first kappa shape index (κ1) is 16.4. The standard InChI is InChI=1S/C16H14BrNO4S2/c17-11-6-13-12(21-8-22-13)4-9(11)5-14-15(19)18(16(23)24-14)7-10-2-1-3-20-10/h4-6,10H,1-3,7-8H2/b14-5-/t10-/m1/s1. The molecule has 0 saturated carbocycles. The molecule has 2 fully saturated rings. The second-order valence-corrected chi connectivity index (χ2v) is 8.18. The highest BCUT2D eigenvalue weighted by atomic mass is 79.9. The van der Waals surface area contributed by atoms with Crippen molar-refractivity contribution in [2.75, 3.05) is 19.9 Å². The topological polar surface area (TPSA) is 48.0 Å². The van der Waals surface area contributed by atoms with E-state index in [1.807, 2.05) is 18.2 Å². The summed E-state index contributed by atoms with van der Waals surface area (Å²) < 4.78 is 17.8. The van der Waals surface area contributed by atoms with Crippen LogP contribution in [0.4, 0.5) is 0 Å². The van der Waals surface area contributed by atoms with E-state index in [2.05, 4.69) is 15.9 Å². The maximum absolute atomic E-state index is 12.7. The van der Waals surface area contributed by atoms with Crippen molar-refractivity contribution in [2.24, 2.45) is 0 Å². The molecule has 0 N–H and O–H groups in total. The fraction of sp³-hybridized carbons (Fsp3) is 0.375. The highest BCUT2D eigenvalue weighted by Crippen LogP contribution is 2.40. The zero-order valence-corrected chi connectivity index (χ0v) is 15.8. The van der Waals surface area contributed by atoms with E-state index in [-0.39, 0.29) is 18.8 Å². The first-order valence-corrected chi connectivity index (χ1v) is 9.60. The second-order valence-electron chi connectivity index (χ2n) is 5.65. The van der Waals surface area contributed by atoms with Crippen molar-refractivity contribution in [3.05, 3.63) is 27.1 Å². The van der Waals surface area contributed by atoms with Crippen LogP contribution in [-0.2, 0) is 9.53 Å². The number of thioether (sulfide) groups is 1. The third-order valence-electron chi connectivity index (χ3n) is 4.06. The van der Waals surface area contributed by atoms with E-state index >= 15 is 0 Å². The van der Waals surface area contributed by atoms with Gasteiger partial charge < -0.3 is 14.2 Å². The van der Waals surface area contributed by atoms with Gasteiger partial charge in [-0.25, -0.2) is 0 Å². The zero-order valence-electron chi connectivity index (χ0n) is 12.6. The van der Waals surface area contributed by atoms with Crippen molar-refractivity contribution in [1.29, 1.82) is 0 Å². The van der Waals surface area contributed by atoms with Gasteiger partial charge in [-0.1, -0.05) is 39.9 Å². The molecule has 0 aromatic heterocycles. The SMILES string of the molecule is O=C1/C(=C/c2cc3c(cc2Br)OCO3)SC(=S)N1C[C@H]1CCCO1. The lowest BCUT2D eigenvalue weighted by molar-refractivity contribution is -0.123. The Bertz CT molecular complexity index is 746. The quantitative estimate of drug-likeness (QED) is 0.542. The summed E-state index contributed by atoms with van der Waals surface area (Å²) in [5.41, 5.74) is 0.858. The number of ether oxygens (including phenoxy) is 3. The van der Waals surface area contributed by atoms with E-state index in [0.29, 0.717) is 27.3 Å². The molecule has 4 rings (SSSR count). The third-order valence-corrected chi connectivity index (χ3v) is 6.13. The predicted octanol–water partition coefficient (Wildman–Crippen LogP) is 3.56. The van der Waals surface area contributed by atoms with E-state index in [1.165, 1.54) is 11.8 Å². The lowest BCUT2D eigenvalue weighted by atomic mass is 10.2. The van der Waals surface area contributed by atoms with Gasteiger partial charge in [0.1, 0.15) is 4.32 Å². The van der Waals surface area contributed by atoms with Crippen LogP contribution >= 0.6 is 39.9 Å². The van der Waals surface area contributed by atoms with Crippen LogP contribution in [0.1, 0.15) is 18.4 Å². The Balaban J connectivity index is 1.57. The van der Waals surface area contributed by atoms with Crippen molar-refractivity contribution in [2.45, 2.75) is 18.9 Å². The Morgan fingerprint density at radius 3 is 2.92 bits per heavy atom. The Morgan fingerprint density at radius 2 is 2.17 bits per heavy atom. The number of amides is 1. The fourth-order valence-corrected chi connectivity index (χ4v) is 4.54. The van der Waals surface area contributed by atoms with E-state index in [1.54, 1.807) is 4.90 Å². The van der Waals surface area contributed by atoms with Crippen LogP contribution in [0.2, 0.25) is 0 Å². The zero-order chi connectivity index (χ0) is 16.7. The summed E-state index contributed by atoms with van der Waals surface area (Å²) in [5.74, 6) is 1.31. The lowest BCUT2D eigenvalue weighted by Crippen LogP contribution is -2.35. The normalized spacial score (nSPS) is 24.5. The molecule has 1 aromatic rings. The predicted molar refractivity (Wildman–Crippen MR) is 99.1 cm³/mol. The van der Waals surface area contributed by atoms with Gasteiger partial charge in [-0.15, -0.1) is 0 Å². The number of nitrogens with zero attached hydrogens (tertiary/aromatic N) is 1. The summed E-state index contributed by atoms with van der Waals surface area (Å²) in [4.78, 5) is 14.9. The van der Waals surface area contributed by atoms with Gasteiger partial charge in [0.2, 0.25) is 6.79 Å². The molecule has 0 bridgehead atoms. The largest absolute Gasteiger partial charge is 0.454 e. The van der Waals surface area contributed by atoms with Gasteiger partial charge in [0.15, 0.2) is 11.5 Å². The molecule has 3 heterocycles. The molecule has 0 radical (unpaired) electrons. The van der Waals surface area contributed by atoms with Crippen LogP contribution < -0.4 is 9.47 Å². The maximum atomic E-state index is 12.7. The minimum atomic E-state index is -0.0648. The van der Waals surface area contributed by atoms with Crippen molar-refractivity contribution in [3.8, 4) is 11.5 Å². The average molecular weight is 428 g/mol. The van der Waals surface area contributed by atoms with E-state index < -0.39 is 0 Å². The molecule has 24 heavy (non-hydrogen) atoms. The van der Waals surface area contributed by atoms with Gasteiger partial charge in [0.25, 0.3) is 5.91 Å². The van der Waals surface area contributed by atoms with Crippen molar-refractivity contribution >= 4 is 56.2 Å². The van der Waals surface area contributed by atoms with E-state index in [0.717, 1.165) is 29.5 Å². The van der Waals surface area contributed by atoms with Crippen molar-refractivity contribution < 1.29 is 19.0 Å². The smallest absolute Gasteiger partial charge is 0.266 e. The molecular weight excluding hydrogens is 414 g/mol. The molecule has 0 spiro atoms. The van der Waals surface area contributed by atoms with E-state index in [4.69, 9.17) is 26.4 Å².